The number of halogens is 2. The van der Waals surface area contributed by atoms with Crippen molar-refractivity contribution in [3.8, 4) is 0 Å². The number of hydrogen-bond donors (Lipinski definition) is 1. The highest BCUT2D eigenvalue weighted by atomic mass is 127. The molecule has 0 radical (unpaired) electrons. The van der Waals surface area contributed by atoms with E-state index in [0.717, 1.165) is 41.2 Å². The summed E-state index contributed by atoms with van der Waals surface area (Å²) >= 11 is 3.47. The van der Waals surface area contributed by atoms with E-state index in [4.69, 9.17) is 0 Å². The van der Waals surface area contributed by atoms with E-state index in [-0.39, 0.29) is 24.0 Å². The summed E-state index contributed by atoms with van der Waals surface area (Å²) in [5.41, 5.74) is 1.92. The van der Waals surface area contributed by atoms with Gasteiger partial charge in [0.1, 0.15) is 5.65 Å². The van der Waals surface area contributed by atoms with Crippen molar-refractivity contribution in [3.05, 3.63) is 47.3 Å². The van der Waals surface area contributed by atoms with Gasteiger partial charge in [0.15, 0.2) is 5.96 Å². The lowest BCUT2D eigenvalue weighted by Crippen LogP contribution is -2.39. The molecule has 5 nitrogen and oxygen atoms in total. The van der Waals surface area contributed by atoms with Crippen LogP contribution in [0.15, 0.2) is 46.6 Å². The monoisotopic (exact) mass is 491 g/mol. The van der Waals surface area contributed by atoms with E-state index in [2.05, 4.69) is 42.7 Å². The van der Waals surface area contributed by atoms with Crippen molar-refractivity contribution in [3.63, 3.8) is 0 Å². The van der Waals surface area contributed by atoms with E-state index in [1.165, 1.54) is 0 Å². The predicted octanol–water partition coefficient (Wildman–Crippen LogP) is 3.69. The second-order valence-corrected chi connectivity index (χ2v) is 6.01. The smallest absolute Gasteiger partial charge is 0.193 e. The number of fused-ring (bicyclic) bond motifs is 1. The molecule has 0 aliphatic carbocycles. The second-order valence-electron chi connectivity index (χ2n) is 5.10. The number of nitrogens with one attached hydrogen (secondary N) is 1. The number of aliphatic imine (C=N–C) groups is 1. The fraction of sp³-hybridized carbons (Fsp3) is 0.375. The van der Waals surface area contributed by atoms with E-state index in [9.17, 15) is 0 Å². The number of guanidine groups is 1. The minimum absolute atomic E-state index is 0. The Bertz CT molecular complexity index is 668. The van der Waals surface area contributed by atoms with Crippen LogP contribution in [0.3, 0.4) is 0 Å². The maximum atomic E-state index is 4.59. The normalized spacial score (nSPS) is 11.2. The van der Waals surface area contributed by atoms with Crippen LogP contribution in [0.2, 0.25) is 0 Å². The van der Waals surface area contributed by atoms with Crippen molar-refractivity contribution in [2.45, 2.75) is 19.4 Å². The molecule has 2 heterocycles. The summed E-state index contributed by atoms with van der Waals surface area (Å²) in [5.74, 6) is 0.877. The Hall–Kier alpha value is -1.09. The number of pyridine rings is 1. The molecular weight excluding hydrogens is 469 g/mol. The Kier molecular flexibility index (Phi) is 8.60. The fourth-order valence-electron chi connectivity index (χ4n) is 2.24. The Labute approximate surface area is 163 Å². The molecule has 0 saturated heterocycles. The van der Waals surface area contributed by atoms with E-state index in [1.54, 1.807) is 7.05 Å². The van der Waals surface area contributed by atoms with Crippen LogP contribution in [0.1, 0.15) is 18.5 Å². The molecule has 0 fully saturated rings. The number of rotatable bonds is 6. The van der Waals surface area contributed by atoms with Gasteiger partial charge < -0.3 is 14.6 Å². The predicted molar refractivity (Wildman–Crippen MR) is 111 cm³/mol. The average molecular weight is 492 g/mol. The maximum absolute atomic E-state index is 4.59. The third kappa shape index (κ3) is 5.80. The van der Waals surface area contributed by atoms with Gasteiger partial charge in [-0.3, -0.25) is 4.99 Å². The molecule has 0 aliphatic heterocycles. The lowest BCUT2D eigenvalue weighted by atomic mass is 10.3. The molecule has 0 bridgehead atoms. The first kappa shape index (κ1) is 20.0. The second kappa shape index (κ2) is 9.92. The Balaban J connectivity index is 0.00000264. The minimum atomic E-state index is 0. The number of allylic oxidation sites excluding steroid dienone is 1. The molecule has 0 unspecified atom stereocenters. The van der Waals surface area contributed by atoms with Crippen LogP contribution >= 0.6 is 39.9 Å². The molecular formula is C16H23BrIN5. The quantitative estimate of drug-likeness (QED) is 0.220. The standard InChI is InChI=1S/C16H22BrN5.HI/c1-4-5-6-9-21(3)16(18-2)19-10-14-12-22-11-13(17)7-8-15(22)20-14;/h4,7-8,11-12H,1,5-6,9-10H2,2-3H3,(H,18,19);1H. The Morgan fingerprint density at radius 1 is 1.48 bits per heavy atom. The van der Waals surface area contributed by atoms with Gasteiger partial charge in [0.25, 0.3) is 0 Å². The highest BCUT2D eigenvalue weighted by Crippen LogP contribution is 2.12. The van der Waals surface area contributed by atoms with Crippen LogP contribution in [0.4, 0.5) is 0 Å². The third-order valence-corrected chi connectivity index (χ3v) is 3.84. The van der Waals surface area contributed by atoms with Gasteiger partial charge in [-0.25, -0.2) is 4.98 Å². The highest BCUT2D eigenvalue weighted by Gasteiger charge is 2.07. The van der Waals surface area contributed by atoms with Gasteiger partial charge in [0.2, 0.25) is 0 Å². The number of unbranched alkanes of at least 4 members (excludes halogenated alkanes) is 1. The molecule has 0 spiro atoms. The maximum Gasteiger partial charge on any atom is 0.193 e. The summed E-state index contributed by atoms with van der Waals surface area (Å²) in [6, 6.07) is 3.98. The van der Waals surface area contributed by atoms with Crippen molar-refractivity contribution in [1.29, 1.82) is 0 Å². The van der Waals surface area contributed by atoms with E-state index < -0.39 is 0 Å². The summed E-state index contributed by atoms with van der Waals surface area (Å²) < 4.78 is 3.05. The zero-order chi connectivity index (χ0) is 15.9. The summed E-state index contributed by atoms with van der Waals surface area (Å²) in [7, 11) is 3.84. The molecule has 2 aromatic heterocycles. The zero-order valence-corrected chi connectivity index (χ0v) is 17.4. The molecule has 0 amide bonds. The molecule has 0 atom stereocenters. The van der Waals surface area contributed by atoms with Crippen molar-refractivity contribution >= 4 is 51.5 Å². The summed E-state index contributed by atoms with van der Waals surface area (Å²) in [4.78, 5) is 11.0. The first-order chi connectivity index (χ1) is 10.6. The summed E-state index contributed by atoms with van der Waals surface area (Å²) in [5, 5.41) is 3.35. The highest BCUT2D eigenvalue weighted by molar-refractivity contribution is 14.0. The fourth-order valence-corrected chi connectivity index (χ4v) is 2.59. The molecule has 23 heavy (non-hydrogen) atoms. The topological polar surface area (TPSA) is 44.9 Å². The molecule has 0 saturated carbocycles. The van der Waals surface area contributed by atoms with Crippen LogP contribution in [0.25, 0.3) is 5.65 Å². The van der Waals surface area contributed by atoms with Crippen LogP contribution in [0.5, 0.6) is 0 Å². The Morgan fingerprint density at radius 2 is 2.26 bits per heavy atom. The molecule has 1 N–H and O–H groups in total. The number of hydrogen-bond acceptors (Lipinski definition) is 2. The van der Waals surface area contributed by atoms with Gasteiger partial charge in [-0.2, -0.15) is 0 Å². The summed E-state index contributed by atoms with van der Waals surface area (Å²) in [6.45, 7) is 5.35. The molecule has 0 aromatic carbocycles. The van der Waals surface area contributed by atoms with E-state index in [1.807, 2.05) is 42.1 Å². The largest absolute Gasteiger partial charge is 0.351 e. The molecule has 0 aliphatic rings. The lowest BCUT2D eigenvalue weighted by Gasteiger charge is -2.21. The number of imidazole rings is 1. The van der Waals surface area contributed by atoms with Crippen molar-refractivity contribution in [1.82, 2.24) is 19.6 Å². The van der Waals surface area contributed by atoms with Crippen molar-refractivity contribution in [2.75, 3.05) is 20.6 Å². The zero-order valence-electron chi connectivity index (χ0n) is 13.5. The SMILES string of the molecule is C=CCCCN(C)C(=NC)NCc1cn2cc(Br)ccc2n1.I. The minimum Gasteiger partial charge on any atom is -0.351 e. The summed E-state index contributed by atoms with van der Waals surface area (Å²) in [6.07, 6.45) is 8.06. The first-order valence-corrected chi connectivity index (χ1v) is 8.09. The van der Waals surface area contributed by atoms with Crippen LogP contribution in [-0.2, 0) is 6.54 Å². The van der Waals surface area contributed by atoms with Gasteiger partial charge in [0.05, 0.1) is 12.2 Å². The number of nitrogens with zero attached hydrogens (tertiary/aromatic N) is 4. The van der Waals surface area contributed by atoms with Crippen LogP contribution in [-0.4, -0.2) is 40.9 Å². The average Bonchev–Trinajstić information content (AvgIpc) is 2.90. The van der Waals surface area contributed by atoms with Crippen LogP contribution < -0.4 is 5.32 Å². The van der Waals surface area contributed by atoms with Crippen molar-refractivity contribution < 1.29 is 0 Å². The third-order valence-electron chi connectivity index (χ3n) is 3.37. The molecule has 2 rings (SSSR count). The van der Waals surface area contributed by atoms with Gasteiger partial charge in [-0.05, 0) is 40.9 Å². The molecule has 126 valence electrons. The van der Waals surface area contributed by atoms with Gasteiger partial charge in [-0.15, -0.1) is 30.6 Å². The molecule has 7 heteroatoms. The van der Waals surface area contributed by atoms with Gasteiger partial charge >= 0.3 is 0 Å². The Morgan fingerprint density at radius 3 is 2.96 bits per heavy atom. The number of aromatic nitrogens is 2. The van der Waals surface area contributed by atoms with E-state index >= 15 is 0 Å². The van der Waals surface area contributed by atoms with Crippen molar-refractivity contribution in [2.24, 2.45) is 4.99 Å². The first-order valence-electron chi connectivity index (χ1n) is 7.30. The van der Waals surface area contributed by atoms with Crippen LogP contribution in [0, 0.1) is 0 Å². The lowest BCUT2D eigenvalue weighted by molar-refractivity contribution is 0.469. The van der Waals surface area contributed by atoms with E-state index in [0.29, 0.717) is 6.54 Å². The van der Waals surface area contributed by atoms with Gasteiger partial charge in [-0.1, -0.05) is 6.08 Å². The van der Waals surface area contributed by atoms with Gasteiger partial charge in [0, 0.05) is 37.5 Å². The molecule has 2 aromatic rings.